The van der Waals surface area contributed by atoms with Gasteiger partial charge < -0.3 is 15.1 Å². The number of nitrogens with zero attached hydrogens (tertiary/aromatic N) is 2. The number of likely N-dealkylation sites (tertiary alicyclic amines) is 1. The fraction of sp³-hybridized carbons (Fsp3) is 0.917. The molecule has 2 atom stereocenters. The highest BCUT2D eigenvalue weighted by atomic mass is 16.2. The van der Waals surface area contributed by atoms with Crippen LogP contribution in [0.4, 0.5) is 0 Å². The maximum atomic E-state index is 11.9. The van der Waals surface area contributed by atoms with Crippen LogP contribution in [0.1, 0.15) is 19.3 Å². The van der Waals surface area contributed by atoms with E-state index in [0.717, 1.165) is 45.4 Å². The smallest absolute Gasteiger partial charge is 0.222 e. The number of fused-ring (bicyclic) bond motifs is 1. The Morgan fingerprint density at radius 3 is 3.00 bits per heavy atom. The number of rotatable bonds is 3. The molecule has 0 radical (unpaired) electrons. The molecule has 4 nitrogen and oxygen atoms in total. The first-order valence-electron chi connectivity index (χ1n) is 6.33. The number of hydrogen-bond donors (Lipinski definition) is 1. The molecule has 0 aromatic rings. The van der Waals surface area contributed by atoms with Crippen LogP contribution in [0.5, 0.6) is 0 Å². The molecule has 1 N–H and O–H groups in total. The van der Waals surface area contributed by atoms with Crippen molar-refractivity contribution in [2.45, 2.75) is 25.3 Å². The molecular weight excluding hydrogens is 202 g/mol. The largest absolute Gasteiger partial charge is 0.338 e. The Hall–Kier alpha value is -0.610. The summed E-state index contributed by atoms with van der Waals surface area (Å²) in [5, 5.41) is 3.44. The SMILES string of the molecule is CN(C)CCN1C(=O)CC[C@@H]2CNCC[C@@H]21. The third kappa shape index (κ3) is 2.55. The molecule has 2 rings (SSSR count). The molecule has 16 heavy (non-hydrogen) atoms. The van der Waals surface area contributed by atoms with Gasteiger partial charge in [0.15, 0.2) is 0 Å². The lowest BCUT2D eigenvalue weighted by molar-refractivity contribution is -0.139. The van der Waals surface area contributed by atoms with E-state index in [2.05, 4.69) is 29.2 Å². The quantitative estimate of drug-likeness (QED) is 0.742. The normalized spacial score (nSPS) is 30.7. The molecule has 0 aromatic carbocycles. The zero-order valence-corrected chi connectivity index (χ0v) is 10.4. The summed E-state index contributed by atoms with van der Waals surface area (Å²) in [7, 11) is 4.13. The minimum Gasteiger partial charge on any atom is -0.338 e. The molecule has 2 aliphatic heterocycles. The van der Waals surface area contributed by atoms with Crippen molar-refractivity contribution in [3.8, 4) is 0 Å². The van der Waals surface area contributed by atoms with Gasteiger partial charge in [0.2, 0.25) is 5.91 Å². The minimum atomic E-state index is 0.366. The summed E-state index contributed by atoms with van der Waals surface area (Å²) in [6.07, 6.45) is 2.95. The van der Waals surface area contributed by atoms with E-state index in [0.29, 0.717) is 17.9 Å². The second kappa shape index (κ2) is 5.15. The molecule has 0 aromatic heterocycles. The average Bonchev–Trinajstić information content (AvgIpc) is 2.27. The van der Waals surface area contributed by atoms with E-state index in [1.807, 2.05) is 0 Å². The van der Waals surface area contributed by atoms with Crippen LogP contribution in [-0.2, 0) is 4.79 Å². The molecule has 1 amide bonds. The van der Waals surface area contributed by atoms with Gasteiger partial charge in [-0.25, -0.2) is 0 Å². The Morgan fingerprint density at radius 2 is 2.25 bits per heavy atom. The number of carbonyl (C=O) groups is 1. The summed E-state index contributed by atoms with van der Waals surface area (Å²) in [4.78, 5) is 16.2. The van der Waals surface area contributed by atoms with E-state index in [9.17, 15) is 4.79 Å². The molecule has 0 spiro atoms. The molecule has 0 saturated carbocycles. The maximum Gasteiger partial charge on any atom is 0.222 e. The summed E-state index contributed by atoms with van der Waals surface area (Å²) >= 11 is 0. The minimum absolute atomic E-state index is 0.366. The van der Waals surface area contributed by atoms with E-state index in [1.165, 1.54) is 0 Å². The monoisotopic (exact) mass is 225 g/mol. The van der Waals surface area contributed by atoms with Crippen molar-refractivity contribution in [2.24, 2.45) is 5.92 Å². The number of carbonyl (C=O) groups excluding carboxylic acids is 1. The predicted molar refractivity (Wildman–Crippen MR) is 64.3 cm³/mol. The predicted octanol–water partition coefficient (Wildman–Crippen LogP) is 0.149. The van der Waals surface area contributed by atoms with Gasteiger partial charge in [0, 0.05) is 25.6 Å². The van der Waals surface area contributed by atoms with Crippen molar-refractivity contribution in [2.75, 3.05) is 40.3 Å². The first-order valence-corrected chi connectivity index (χ1v) is 6.33. The Bertz CT molecular complexity index is 255. The van der Waals surface area contributed by atoms with Crippen molar-refractivity contribution in [1.29, 1.82) is 0 Å². The summed E-state index contributed by atoms with van der Waals surface area (Å²) in [5.74, 6) is 1.05. The van der Waals surface area contributed by atoms with Crippen LogP contribution >= 0.6 is 0 Å². The highest BCUT2D eigenvalue weighted by Gasteiger charge is 2.36. The lowest BCUT2D eigenvalue weighted by atomic mass is 9.84. The fourth-order valence-electron chi connectivity index (χ4n) is 2.85. The van der Waals surface area contributed by atoms with E-state index >= 15 is 0 Å². The van der Waals surface area contributed by atoms with Gasteiger partial charge in [0.25, 0.3) is 0 Å². The number of piperidine rings is 2. The molecule has 0 aliphatic carbocycles. The zero-order chi connectivity index (χ0) is 11.5. The molecule has 2 aliphatic rings. The van der Waals surface area contributed by atoms with Crippen LogP contribution in [0, 0.1) is 5.92 Å². The van der Waals surface area contributed by atoms with Crippen molar-refractivity contribution in [1.82, 2.24) is 15.1 Å². The van der Waals surface area contributed by atoms with E-state index < -0.39 is 0 Å². The molecule has 0 bridgehead atoms. The molecule has 2 fully saturated rings. The average molecular weight is 225 g/mol. The van der Waals surface area contributed by atoms with Crippen LogP contribution in [-0.4, -0.2) is 62.0 Å². The summed E-state index contributed by atoms with van der Waals surface area (Å²) in [5.41, 5.74) is 0. The highest BCUT2D eigenvalue weighted by molar-refractivity contribution is 5.77. The van der Waals surface area contributed by atoms with Gasteiger partial charge in [-0.3, -0.25) is 4.79 Å². The van der Waals surface area contributed by atoms with Crippen LogP contribution in [0.2, 0.25) is 0 Å². The number of amides is 1. The maximum absolute atomic E-state index is 11.9. The first kappa shape index (κ1) is 11.9. The summed E-state index contributed by atoms with van der Waals surface area (Å²) < 4.78 is 0. The zero-order valence-electron chi connectivity index (χ0n) is 10.4. The molecule has 4 heteroatoms. The van der Waals surface area contributed by atoms with Gasteiger partial charge in [0.1, 0.15) is 0 Å². The van der Waals surface area contributed by atoms with E-state index in [1.54, 1.807) is 0 Å². The van der Waals surface area contributed by atoms with Crippen molar-refractivity contribution >= 4 is 5.91 Å². The first-order chi connectivity index (χ1) is 7.68. The Labute approximate surface area is 98.0 Å². The molecular formula is C12H23N3O. The van der Waals surface area contributed by atoms with Crippen LogP contribution in [0.15, 0.2) is 0 Å². The lowest BCUT2D eigenvalue weighted by Gasteiger charge is -2.44. The Kier molecular flexibility index (Phi) is 3.82. The highest BCUT2D eigenvalue weighted by Crippen LogP contribution is 2.28. The van der Waals surface area contributed by atoms with Crippen molar-refractivity contribution < 1.29 is 4.79 Å². The Morgan fingerprint density at radius 1 is 1.44 bits per heavy atom. The van der Waals surface area contributed by atoms with Gasteiger partial charge in [-0.05, 0) is 45.9 Å². The van der Waals surface area contributed by atoms with E-state index in [-0.39, 0.29) is 0 Å². The van der Waals surface area contributed by atoms with Gasteiger partial charge in [-0.2, -0.15) is 0 Å². The number of nitrogens with one attached hydrogen (secondary N) is 1. The molecule has 2 heterocycles. The second-order valence-electron chi connectivity index (χ2n) is 5.25. The van der Waals surface area contributed by atoms with Crippen LogP contribution in [0.25, 0.3) is 0 Å². The van der Waals surface area contributed by atoms with Crippen molar-refractivity contribution in [3.63, 3.8) is 0 Å². The molecule has 2 saturated heterocycles. The van der Waals surface area contributed by atoms with E-state index in [4.69, 9.17) is 0 Å². The van der Waals surface area contributed by atoms with Crippen LogP contribution in [0.3, 0.4) is 0 Å². The van der Waals surface area contributed by atoms with Gasteiger partial charge in [0.05, 0.1) is 0 Å². The van der Waals surface area contributed by atoms with Gasteiger partial charge >= 0.3 is 0 Å². The van der Waals surface area contributed by atoms with Crippen molar-refractivity contribution in [3.05, 3.63) is 0 Å². The second-order valence-corrected chi connectivity index (χ2v) is 5.25. The standard InChI is InChI=1S/C12H23N3O/c1-14(2)7-8-15-11-5-6-13-9-10(11)3-4-12(15)16/h10-11,13H,3-9H2,1-2H3/t10-,11+/m1/s1. The van der Waals surface area contributed by atoms with Crippen LogP contribution < -0.4 is 5.32 Å². The third-order valence-corrected chi connectivity index (χ3v) is 3.81. The Balaban J connectivity index is 1.97. The molecule has 0 unspecified atom stereocenters. The number of likely N-dealkylation sites (N-methyl/N-ethyl adjacent to an activating group) is 1. The summed E-state index contributed by atoms with van der Waals surface area (Å²) in [6.45, 7) is 4.03. The topological polar surface area (TPSA) is 35.6 Å². The van der Waals surface area contributed by atoms with Gasteiger partial charge in [-0.1, -0.05) is 0 Å². The number of hydrogen-bond acceptors (Lipinski definition) is 3. The lowest BCUT2D eigenvalue weighted by Crippen LogP contribution is -2.56. The third-order valence-electron chi connectivity index (χ3n) is 3.81. The summed E-state index contributed by atoms with van der Waals surface area (Å²) in [6, 6.07) is 0.502. The van der Waals surface area contributed by atoms with Gasteiger partial charge in [-0.15, -0.1) is 0 Å². The fourth-order valence-corrected chi connectivity index (χ4v) is 2.85. The molecule has 92 valence electrons.